The van der Waals surface area contributed by atoms with Gasteiger partial charge < -0.3 is 0 Å². The highest BCUT2D eigenvalue weighted by Gasteiger charge is 2.29. The number of nitrogens with one attached hydrogen (secondary N) is 1. The summed E-state index contributed by atoms with van der Waals surface area (Å²) in [5.41, 5.74) is 5.02. The van der Waals surface area contributed by atoms with E-state index in [1.807, 2.05) is 12.1 Å². The molecule has 0 radical (unpaired) electrons. The molecule has 1 aliphatic carbocycles. The Balaban J connectivity index is 1.93. The second kappa shape index (κ2) is 4.92. The van der Waals surface area contributed by atoms with Crippen LogP contribution >= 0.6 is 0 Å². The average Bonchev–Trinajstić information content (AvgIpc) is 3.12. The molecule has 18 heavy (non-hydrogen) atoms. The Labute approximate surface area is 108 Å². The Bertz CT molecular complexity index is 450. The number of benzene rings is 1. The van der Waals surface area contributed by atoms with Crippen LogP contribution in [0.25, 0.3) is 0 Å². The number of hydrazone groups is 1. The van der Waals surface area contributed by atoms with Crippen molar-refractivity contribution in [3.8, 4) is 0 Å². The van der Waals surface area contributed by atoms with E-state index in [4.69, 9.17) is 0 Å². The summed E-state index contributed by atoms with van der Waals surface area (Å²) in [5.74, 6) is 0.239. The number of hydrogen-bond donors (Lipinski definition) is 1. The van der Waals surface area contributed by atoms with Crippen molar-refractivity contribution in [2.24, 2.45) is 11.0 Å². The van der Waals surface area contributed by atoms with Gasteiger partial charge >= 0.3 is 0 Å². The fourth-order valence-electron chi connectivity index (χ4n) is 1.68. The smallest absolute Gasteiger partial charge is 0.243 e. The van der Waals surface area contributed by atoms with E-state index >= 15 is 0 Å². The van der Waals surface area contributed by atoms with Crippen LogP contribution in [0.3, 0.4) is 0 Å². The van der Waals surface area contributed by atoms with Crippen LogP contribution in [-0.2, 0) is 10.2 Å². The summed E-state index contributed by atoms with van der Waals surface area (Å²) in [5, 5.41) is 3.97. The predicted octanol–water partition coefficient (Wildman–Crippen LogP) is 2.84. The standard InChI is InChI=1S/C15H20N2O/c1-15(2,3)13-8-4-11(5-9-13)10-16-17-14(18)12-6-7-12/h4-5,8-10,12H,6-7H2,1-3H3,(H,17,18)/b16-10+. The van der Waals surface area contributed by atoms with Crippen molar-refractivity contribution in [1.82, 2.24) is 5.43 Å². The van der Waals surface area contributed by atoms with Gasteiger partial charge in [-0.1, -0.05) is 45.0 Å². The molecule has 96 valence electrons. The number of nitrogens with zero attached hydrogens (tertiary/aromatic N) is 1. The first-order chi connectivity index (χ1) is 8.47. The first-order valence-electron chi connectivity index (χ1n) is 6.40. The quantitative estimate of drug-likeness (QED) is 0.644. The molecular formula is C15H20N2O. The molecule has 1 fully saturated rings. The summed E-state index contributed by atoms with van der Waals surface area (Å²) in [6.07, 6.45) is 3.69. The van der Waals surface area contributed by atoms with Crippen molar-refractivity contribution < 1.29 is 4.79 Å². The van der Waals surface area contributed by atoms with Crippen LogP contribution in [-0.4, -0.2) is 12.1 Å². The van der Waals surface area contributed by atoms with E-state index in [9.17, 15) is 4.79 Å². The normalized spacial score (nSPS) is 15.9. The van der Waals surface area contributed by atoms with Crippen LogP contribution in [0.4, 0.5) is 0 Å². The Morgan fingerprint density at radius 1 is 1.28 bits per heavy atom. The number of amides is 1. The lowest BCUT2D eigenvalue weighted by molar-refractivity contribution is -0.122. The van der Waals surface area contributed by atoms with E-state index < -0.39 is 0 Å². The molecule has 0 bridgehead atoms. The van der Waals surface area contributed by atoms with E-state index in [-0.39, 0.29) is 17.2 Å². The van der Waals surface area contributed by atoms with Gasteiger partial charge in [0.1, 0.15) is 0 Å². The highest BCUT2D eigenvalue weighted by atomic mass is 16.2. The number of carbonyl (C=O) groups excluding carboxylic acids is 1. The first kappa shape index (κ1) is 12.8. The Hall–Kier alpha value is -1.64. The SMILES string of the molecule is CC(C)(C)c1ccc(/C=N/NC(=O)C2CC2)cc1. The van der Waals surface area contributed by atoms with Crippen LogP contribution < -0.4 is 5.43 Å². The first-order valence-corrected chi connectivity index (χ1v) is 6.40. The lowest BCUT2D eigenvalue weighted by Crippen LogP contribution is -2.18. The minimum atomic E-state index is 0.0394. The van der Waals surface area contributed by atoms with Gasteiger partial charge in [-0.05, 0) is 29.4 Å². The maximum absolute atomic E-state index is 11.4. The fraction of sp³-hybridized carbons (Fsp3) is 0.467. The molecule has 3 nitrogen and oxygen atoms in total. The van der Waals surface area contributed by atoms with Gasteiger partial charge in [0, 0.05) is 5.92 Å². The minimum absolute atomic E-state index is 0.0394. The predicted molar refractivity (Wildman–Crippen MR) is 73.6 cm³/mol. The number of hydrogen-bond acceptors (Lipinski definition) is 2. The van der Waals surface area contributed by atoms with E-state index in [1.54, 1.807) is 6.21 Å². The summed E-state index contributed by atoms with van der Waals surface area (Å²) in [4.78, 5) is 11.4. The molecular weight excluding hydrogens is 224 g/mol. The second-order valence-electron chi connectivity index (χ2n) is 5.88. The lowest BCUT2D eigenvalue weighted by Gasteiger charge is -2.18. The van der Waals surface area contributed by atoms with Gasteiger partial charge in [0.2, 0.25) is 5.91 Å². The lowest BCUT2D eigenvalue weighted by atomic mass is 9.87. The zero-order valence-electron chi connectivity index (χ0n) is 11.2. The zero-order valence-corrected chi connectivity index (χ0v) is 11.2. The van der Waals surface area contributed by atoms with Crippen LogP contribution in [0.2, 0.25) is 0 Å². The summed E-state index contributed by atoms with van der Waals surface area (Å²) in [6, 6.07) is 8.24. The molecule has 0 spiro atoms. The Morgan fingerprint density at radius 3 is 2.39 bits per heavy atom. The molecule has 0 aromatic heterocycles. The molecule has 0 saturated heterocycles. The summed E-state index contributed by atoms with van der Waals surface area (Å²) in [6.45, 7) is 6.56. The Morgan fingerprint density at radius 2 is 1.89 bits per heavy atom. The molecule has 1 aromatic carbocycles. The third-order valence-electron chi connectivity index (χ3n) is 3.11. The van der Waals surface area contributed by atoms with Gasteiger partial charge in [-0.25, -0.2) is 5.43 Å². The monoisotopic (exact) mass is 244 g/mol. The molecule has 1 aliphatic rings. The van der Waals surface area contributed by atoms with Crippen LogP contribution in [0, 0.1) is 5.92 Å². The molecule has 0 aliphatic heterocycles. The van der Waals surface area contributed by atoms with Crippen molar-refractivity contribution in [1.29, 1.82) is 0 Å². The topological polar surface area (TPSA) is 41.5 Å². The third kappa shape index (κ3) is 3.42. The van der Waals surface area contributed by atoms with Gasteiger partial charge in [0.05, 0.1) is 6.21 Å². The van der Waals surface area contributed by atoms with Crippen molar-refractivity contribution in [2.75, 3.05) is 0 Å². The summed E-state index contributed by atoms with van der Waals surface area (Å²) < 4.78 is 0. The Kier molecular flexibility index (Phi) is 3.50. The van der Waals surface area contributed by atoms with Gasteiger partial charge in [0.15, 0.2) is 0 Å². The summed E-state index contributed by atoms with van der Waals surface area (Å²) in [7, 11) is 0. The van der Waals surface area contributed by atoms with Crippen molar-refractivity contribution in [3.05, 3.63) is 35.4 Å². The number of carbonyl (C=O) groups is 1. The molecule has 1 aromatic rings. The van der Waals surface area contributed by atoms with Gasteiger partial charge in [-0.15, -0.1) is 0 Å². The highest BCUT2D eigenvalue weighted by molar-refractivity contribution is 5.84. The molecule has 3 heteroatoms. The minimum Gasteiger partial charge on any atom is -0.273 e. The van der Waals surface area contributed by atoms with Crippen LogP contribution in [0.5, 0.6) is 0 Å². The van der Waals surface area contributed by atoms with Crippen molar-refractivity contribution >= 4 is 12.1 Å². The van der Waals surface area contributed by atoms with E-state index in [1.165, 1.54) is 5.56 Å². The van der Waals surface area contributed by atoms with Gasteiger partial charge in [0.25, 0.3) is 0 Å². The molecule has 0 atom stereocenters. The molecule has 1 saturated carbocycles. The maximum Gasteiger partial charge on any atom is 0.243 e. The molecule has 0 unspecified atom stereocenters. The van der Waals surface area contributed by atoms with Crippen LogP contribution in [0.15, 0.2) is 29.4 Å². The summed E-state index contributed by atoms with van der Waals surface area (Å²) >= 11 is 0. The van der Waals surface area contributed by atoms with E-state index in [0.29, 0.717) is 0 Å². The van der Waals surface area contributed by atoms with Crippen molar-refractivity contribution in [2.45, 2.75) is 39.0 Å². The fourth-order valence-corrected chi connectivity index (χ4v) is 1.68. The zero-order chi connectivity index (χ0) is 13.2. The molecule has 1 N–H and O–H groups in total. The van der Waals surface area contributed by atoms with E-state index in [0.717, 1.165) is 18.4 Å². The van der Waals surface area contributed by atoms with E-state index in [2.05, 4.69) is 43.4 Å². The van der Waals surface area contributed by atoms with Gasteiger partial charge in [-0.3, -0.25) is 4.79 Å². The van der Waals surface area contributed by atoms with Gasteiger partial charge in [-0.2, -0.15) is 5.10 Å². The molecule has 0 heterocycles. The average molecular weight is 244 g/mol. The molecule has 2 rings (SSSR count). The van der Waals surface area contributed by atoms with Crippen molar-refractivity contribution in [3.63, 3.8) is 0 Å². The second-order valence-corrected chi connectivity index (χ2v) is 5.88. The molecule has 1 amide bonds. The van der Waals surface area contributed by atoms with Crippen LogP contribution in [0.1, 0.15) is 44.7 Å². The number of rotatable bonds is 3. The maximum atomic E-state index is 11.4. The third-order valence-corrected chi connectivity index (χ3v) is 3.11. The largest absolute Gasteiger partial charge is 0.273 e. The highest BCUT2D eigenvalue weighted by Crippen LogP contribution is 2.28.